The summed E-state index contributed by atoms with van der Waals surface area (Å²) >= 11 is 0. The van der Waals surface area contributed by atoms with E-state index in [1.165, 1.54) is 0 Å². The highest BCUT2D eigenvalue weighted by Gasteiger charge is 2.33. The first kappa shape index (κ1) is 8.25. The van der Waals surface area contributed by atoms with Crippen LogP contribution in [0.1, 0.15) is 19.8 Å². The van der Waals surface area contributed by atoms with Crippen LogP contribution in [-0.2, 0) is 4.79 Å². The minimum Gasteiger partial charge on any atom is -0.303 e. The minimum atomic E-state index is 0.321. The molecule has 0 aromatic rings. The minimum absolute atomic E-state index is 0.321. The van der Waals surface area contributed by atoms with Crippen LogP contribution in [0.15, 0.2) is 24.3 Å². The summed E-state index contributed by atoms with van der Waals surface area (Å²) in [5.41, 5.74) is 0. The molecule has 0 aromatic carbocycles. The van der Waals surface area contributed by atoms with Crippen LogP contribution in [-0.4, -0.2) is 6.29 Å². The molecule has 0 N–H and O–H groups in total. The molecule has 0 heterocycles. The third-order valence-corrected chi connectivity index (χ3v) is 1.91. The molecule has 2 atom stereocenters. The average molecular weight is 150 g/mol. The number of carbonyl (C=O) groups is 1. The van der Waals surface area contributed by atoms with Gasteiger partial charge in [-0.2, -0.15) is 0 Å². The quantitative estimate of drug-likeness (QED) is 0.444. The van der Waals surface area contributed by atoms with E-state index in [4.69, 9.17) is 0 Å². The SMILES string of the molecule is CC/C=C/C=C/C1CC1C=O. The van der Waals surface area contributed by atoms with E-state index in [9.17, 15) is 4.79 Å². The van der Waals surface area contributed by atoms with Gasteiger partial charge in [-0.3, -0.25) is 0 Å². The first-order valence-electron chi connectivity index (χ1n) is 4.17. The third kappa shape index (κ3) is 2.71. The van der Waals surface area contributed by atoms with Crippen LogP contribution < -0.4 is 0 Å². The average Bonchev–Trinajstić information content (AvgIpc) is 2.77. The molecule has 0 spiro atoms. The van der Waals surface area contributed by atoms with Gasteiger partial charge in [-0.1, -0.05) is 31.2 Å². The second-order valence-electron chi connectivity index (χ2n) is 2.92. The lowest BCUT2D eigenvalue weighted by atomic mass is 10.3. The number of hydrogen-bond acceptors (Lipinski definition) is 1. The fourth-order valence-electron chi connectivity index (χ4n) is 1.03. The number of hydrogen-bond donors (Lipinski definition) is 0. The summed E-state index contributed by atoms with van der Waals surface area (Å²) in [4.78, 5) is 10.2. The van der Waals surface area contributed by atoms with E-state index in [0.29, 0.717) is 11.8 Å². The molecule has 0 bridgehead atoms. The van der Waals surface area contributed by atoms with Crippen LogP contribution in [0.25, 0.3) is 0 Å². The van der Waals surface area contributed by atoms with Crippen molar-refractivity contribution in [2.75, 3.05) is 0 Å². The molecule has 11 heavy (non-hydrogen) atoms. The fourth-order valence-corrected chi connectivity index (χ4v) is 1.03. The second-order valence-corrected chi connectivity index (χ2v) is 2.92. The number of rotatable bonds is 4. The standard InChI is InChI=1S/C10H14O/c1-2-3-4-5-6-9-7-10(9)8-11/h3-6,8-10H,2,7H2,1H3/b4-3+,6-5+. The molecular weight excluding hydrogens is 136 g/mol. The van der Waals surface area contributed by atoms with Crippen LogP contribution in [0.2, 0.25) is 0 Å². The lowest BCUT2D eigenvalue weighted by Gasteiger charge is -1.79. The van der Waals surface area contributed by atoms with Crippen molar-refractivity contribution in [2.24, 2.45) is 11.8 Å². The molecule has 1 aliphatic carbocycles. The zero-order chi connectivity index (χ0) is 8.10. The molecular formula is C10H14O. The molecule has 1 heteroatoms. The van der Waals surface area contributed by atoms with Crippen LogP contribution in [0, 0.1) is 11.8 Å². The fraction of sp³-hybridized carbons (Fsp3) is 0.500. The van der Waals surface area contributed by atoms with E-state index in [-0.39, 0.29) is 0 Å². The Hall–Kier alpha value is -0.850. The van der Waals surface area contributed by atoms with Gasteiger partial charge in [-0.25, -0.2) is 0 Å². The van der Waals surface area contributed by atoms with Gasteiger partial charge in [0.1, 0.15) is 6.29 Å². The smallest absolute Gasteiger partial charge is 0.123 e. The Morgan fingerprint density at radius 2 is 2.18 bits per heavy atom. The number of carbonyl (C=O) groups excluding carboxylic acids is 1. The van der Waals surface area contributed by atoms with Crippen molar-refractivity contribution in [3.05, 3.63) is 24.3 Å². The third-order valence-electron chi connectivity index (χ3n) is 1.91. The predicted octanol–water partition coefficient (Wildman–Crippen LogP) is 2.34. The molecule has 60 valence electrons. The summed E-state index contributed by atoms with van der Waals surface area (Å²) in [5, 5.41) is 0. The van der Waals surface area contributed by atoms with Gasteiger partial charge in [0, 0.05) is 5.92 Å². The van der Waals surface area contributed by atoms with Gasteiger partial charge < -0.3 is 4.79 Å². The normalized spacial score (nSPS) is 29.9. The Labute approximate surface area is 67.8 Å². The number of aldehydes is 1. The Morgan fingerprint density at radius 1 is 1.36 bits per heavy atom. The maximum absolute atomic E-state index is 10.2. The van der Waals surface area contributed by atoms with Crippen LogP contribution in [0.5, 0.6) is 0 Å². The summed E-state index contributed by atoms with van der Waals surface area (Å²) in [7, 11) is 0. The maximum atomic E-state index is 10.2. The monoisotopic (exact) mass is 150 g/mol. The van der Waals surface area contributed by atoms with Gasteiger partial charge in [-0.15, -0.1) is 0 Å². The summed E-state index contributed by atoms with van der Waals surface area (Å²) in [6.07, 6.45) is 11.5. The molecule has 0 saturated heterocycles. The molecule has 1 nitrogen and oxygen atoms in total. The Morgan fingerprint density at radius 3 is 2.73 bits per heavy atom. The Balaban J connectivity index is 2.17. The van der Waals surface area contributed by atoms with E-state index in [0.717, 1.165) is 19.1 Å². The topological polar surface area (TPSA) is 17.1 Å². The van der Waals surface area contributed by atoms with Crippen molar-refractivity contribution in [3.63, 3.8) is 0 Å². The molecule has 1 aliphatic rings. The van der Waals surface area contributed by atoms with Gasteiger partial charge in [0.15, 0.2) is 0 Å². The molecule has 1 rings (SSSR count). The lowest BCUT2D eigenvalue weighted by Crippen LogP contribution is -1.76. The zero-order valence-electron chi connectivity index (χ0n) is 6.86. The molecule has 2 unspecified atom stereocenters. The molecule has 1 fully saturated rings. The van der Waals surface area contributed by atoms with Crippen molar-refractivity contribution < 1.29 is 4.79 Å². The summed E-state index contributed by atoms with van der Waals surface area (Å²) in [6.45, 7) is 2.11. The zero-order valence-corrected chi connectivity index (χ0v) is 6.86. The van der Waals surface area contributed by atoms with Crippen LogP contribution >= 0.6 is 0 Å². The van der Waals surface area contributed by atoms with Crippen molar-refractivity contribution in [1.82, 2.24) is 0 Å². The van der Waals surface area contributed by atoms with E-state index in [1.807, 2.05) is 12.2 Å². The maximum Gasteiger partial charge on any atom is 0.123 e. The predicted molar refractivity (Wildman–Crippen MR) is 46.2 cm³/mol. The van der Waals surface area contributed by atoms with Crippen LogP contribution in [0.3, 0.4) is 0 Å². The lowest BCUT2D eigenvalue weighted by molar-refractivity contribution is -0.109. The highest BCUT2D eigenvalue weighted by Crippen LogP contribution is 2.37. The van der Waals surface area contributed by atoms with Gasteiger partial charge in [0.2, 0.25) is 0 Å². The van der Waals surface area contributed by atoms with Crippen molar-refractivity contribution in [2.45, 2.75) is 19.8 Å². The van der Waals surface area contributed by atoms with Crippen LogP contribution in [0.4, 0.5) is 0 Å². The Kier molecular flexibility index (Phi) is 3.09. The summed E-state index contributed by atoms with van der Waals surface area (Å²) in [6, 6.07) is 0. The Bertz CT molecular complexity index is 179. The van der Waals surface area contributed by atoms with Gasteiger partial charge in [0.05, 0.1) is 0 Å². The van der Waals surface area contributed by atoms with Gasteiger partial charge in [0.25, 0.3) is 0 Å². The molecule has 0 amide bonds. The van der Waals surface area contributed by atoms with Crippen molar-refractivity contribution in [1.29, 1.82) is 0 Å². The highest BCUT2D eigenvalue weighted by molar-refractivity contribution is 5.59. The largest absolute Gasteiger partial charge is 0.303 e. The van der Waals surface area contributed by atoms with E-state index >= 15 is 0 Å². The summed E-state index contributed by atoms with van der Waals surface area (Å²) < 4.78 is 0. The molecule has 0 aromatic heterocycles. The van der Waals surface area contributed by atoms with E-state index < -0.39 is 0 Å². The molecule has 0 radical (unpaired) electrons. The van der Waals surface area contributed by atoms with E-state index in [1.54, 1.807) is 0 Å². The molecule has 0 aliphatic heterocycles. The first-order valence-corrected chi connectivity index (χ1v) is 4.17. The van der Waals surface area contributed by atoms with Crippen molar-refractivity contribution >= 4 is 6.29 Å². The second kappa shape index (κ2) is 4.12. The van der Waals surface area contributed by atoms with Crippen molar-refractivity contribution in [3.8, 4) is 0 Å². The first-order chi connectivity index (χ1) is 5.38. The van der Waals surface area contributed by atoms with Gasteiger partial charge in [-0.05, 0) is 18.8 Å². The van der Waals surface area contributed by atoms with E-state index in [2.05, 4.69) is 19.1 Å². The summed E-state index contributed by atoms with van der Waals surface area (Å²) in [5.74, 6) is 0.857. The molecule has 1 saturated carbocycles. The number of allylic oxidation sites excluding steroid dienone is 4. The van der Waals surface area contributed by atoms with Gasteiger partial charge >= 0.3 is 0 Å². The highest BCUT2D eigenvalue weighted by atomic mass is 16.1.